The van der Waals surface area contributed by atoms with Gasteiger partial charge in [0.15, 0.2) is 5.82 Å². The molecule has 0 amide bonds. The van der Waals surface area contributed by atoms with Crippen LogP contribution in [0.25, 0.3) is 88.1 Å². The summed E-state index contributed by atoms with van der Waals surface area (Å²) >= 11 is 0. The monoisotopic (exact) mass is 598 g/mol. The van der Waals surface area contributed by atoms with Crippen LogP contribution in [0.5, 0.6) is 11.5 Å². The van der Waals surface area contributed by atoms with E-state index in [4.69, 9.17) is 14.7 Å². The number of hydrogen-bond acceptors (Lipinski definition) is 3. The number of ether oxygens (including phenoxy) is 1. The molecule has 3 heteroatoms. The Morgan fingerprint density at radius 2 is 0.915 bits per heavy atom. The van der Waals surface area contributed by atoms with Crippen LogP contribution in [0.4, 0.5) is 0 Å². The van der Waals surface area contributed by atoms with Gasteiger partial charge in [-0.1, -0.05) is 127 Å². The highest BCUT2D eigenvalue weighted by Gasteiger charge is 2.21. The van der Waals surface area contributed by atoms with Gasteiger partial charge in [-0.15, -0.1) is 0 Å². The molecule has 0 bridgehead atoms. The maximum absolute atomic E-state index is 6.62. The van der Waals surface area contributed by atoms with Gasteiger partial charge in [-0.05, 0) is 68.4 Å². The van der Waals surface area contributed by atoms with Crippen molar-refractivity contribution in [1.29, 1.82) is 0 Å². The summed E-state index contributed by atoms with van der Waals surface area (Å²) < 4.78 is 6.62. The molecule has 0 saturated carbocycles. The zero-order chi connectivity index (χ0) is 30.9. The number of benzene rings is 8. The van der Waals surface area contributed by atoms with Crippen LogP contribution in [0.3, 0.4) is 0 Å². The maximum Gasteiger partial charge on any atom is 0.160 e. The van der Waals surface area contributed by atoms with E-state index in [9.17, 15) is 0 Å². The minimum atomic E-state index is 0.687. The molecule has 0 spiro atoms. The molecule has 9 aromatic rings. The summed E-state index contributed by atoms with van der Waals surface area (Å²) in [7, 11) is 0. The molecule has 0 aliphatic carbocycles. The van der Waals surface area contributed by atoms with Crippen LogP contribution < -0.4 is 4.74 Å². The van der Waals surface area contributed by atoms with E-state index >= 15 is 0 Å². The summed E-state index contributed by atoms with van der Waals surface area (Å²) in [5.74, 6) is 2.44. The summed E-state index contributed by atoms with van der Waals surface area (Å²) in [6.07, 6.45) is 0. The second-order valence-electron chi connectivity index (χ2n) is 12.2. The van der Waals surface area contributed by atoms with Gasteiger partial charge in [-0.3, -0.25) is 0 Å². The zero-order valence-corrected chi connectivity index (χ0v) is 25.3. The summed E-state index contributed by atoms with van der Waals surface area (Å²) in [4.78, 5) is 10.3. The van der Waals surface area contributed by atoms with Gasteiger partial charge in [0.05, 0.1) is 11.4 Å². The van der Waals surface area contributed by atoms with Gasteiger partial charge in [0, 0.05) is 32.8 Å². The summed E-state index contributed by atoms with van der Waals surface area (Å²) in [6.45, 7) is 0. The number of nitrogens with zero attached hydrogens (tertiary/aromatic N) is 2. The van der Waals surface area contributed by atoms with Crippen LogP contribution in [-0.4, -0.2) is 9.97 Å². The summed E-state index contributed by atoms with van der Waals surface area (Å²) in [6, 6.07) is 55.5. The lowest BCUT2D eigenvalue weighted by atomic mass is 9.92. The van der Waals surface area contributed by atoms with Crippen molar-refractivity contribution in [3.8, 4) is 56.5 Å². The van der Waals surface area contributed by atoms with Gasteiger partial charge in [0.1, 0.15) is 11.5 Å². The van der Waals surface area contributed by atoms with Crippen molar-refractivity contribution in [1.82, 2.24) is 9.97 Å². The Labute approximate surface area is 271 Å². The minimum Gasteiger partial charge on any atom is -0.456 e. The van der Waals surface area contributed by atoms with E-state index in [1.54, 1.807) is 0 Å². The van der Waals surface area contributed by atoms with E-state index in [1.807, 2.05) is 18.2 Å². The summed E-state index contributed by atoms with van der Waals surface area (Å²) in [5.41, 5.74) is 7.08. The fourth-order valence-electron chi connectivity index (χ4n) is 7.08. The van der Waals surface area contributed by atoms with E-state index in [0.717, 1.165) is 55.9 Å². The molecule has 10 rings (SSSR count). The minimum absolute atomic E-state index is 0.687. The normalized spacial score (nSPS) is 12.0. The molecule has 0 unspecified atom stereocenters. The highest BCUT2D eigenvalue weighted by molar-refractivity contribution is 6.25. The highest BCUT2D eigenvalue weighted by atomic mass is 16.5. The zero-order valence-electron chi connectivity index (χ0n) is 25.3. The van der Waals surface area contributed by atoms with E-state index in [-0.39, 0.29) is 0 Å². The molecule has 0 fully saturated rings. The van der Waals surface area contributed by atoms with Crippen LogP contribution in [0.2, 0.25) is 0 Å². The topological polar surface area (TPSA) is 35.0 Å². The van der Waals surface area contributed by atoms with Crippen LogP contribution in [0, 0.1) is 0 Å². The Morgan fingerprint density at radius 1 is 0.319 bits per heavy atom. The van der Waals surface area contributed by atoms with Crippen LogP contribution in [0.15, 0.2) is 158 Å². The van der Waals surface area contributed by atoms with Gasteiger partial charge in [0.2, 0.25) is 0 Å². The van der Waals surface area contributed by atoms with Crippen molar-refractivity contribution in [3.63, 3.8) is 0 Å². The lowest BCUT2D eigenvalue weighted by Crippen LogP contribution is -1.98. The van der Waals surface area contributed by atoms with E-state index in [1.165, 1.54) is 37.9 Å². The molecule has 0 atom stereocenters. The fourth-order valence-corrected chi connectivity index (χ4v) is 7.08. The number of aromatic nitrogens is 2. The molecule has 8 aromatic carbocycles. The molecule has 1 aliphatic heterocycles. The van der Waals surface area contributed by atoms with Crippen molar-refractivity contribution in [2.45, 2.75) is 0 Å². The molecule has 2 heterocycles. The molecule has 0 N–H and O–H groups in total. The molecule has 1 aliphatic rings. The fraction of sp³-hybridized carbons (Fsp3) is 0. The second kappa shape index (κ2) is 10.1. The maximum atomic E-state index is 6.62. The molecule has 47 heavy (non-hydrogen) atoms. The van der Waals surface area contributed by atoms with Crippen LogP contribution >= 0.6 is 0 Å². The Bertz CT molecular complexity index is 2700. The average molecular weight is 599 g/mol. The van der Waals surface area contributed by atoms with Crippen molar-refractivity contribution in [2.75, 3.05) is 0 Å². The summed E-state index contributed by atoms with van der Waals surface area (Å²) in [5, 5.41) is 9.60. The largest absolute Gasteiger partial charge is 0.456 e. The van der Waals surface area contributed by atoms with Crippen molar-refractivity contribution < 1.29 is 4.74 Å². The lowest BCUT2D eigenvalue weighted by Gasteiger charge is -2.21. The third-order valence-corrected chi connectivity index (χ3v) is 9.40. The molecule has 3 nitrogen and oxygen atoms in total. The van der Waals surface area contributed by atoms with Crippen molar-refractivity contribution in [2.24, 2.45) is 0 Å². The lowest BCUT2D eigenvalue weighted by molar-refractivity contribution is 0.493. The van der Waals surface area contributed by atoms with Gasteiger partial charge >= 0.3 is 0 Å². The van der Waals surface area contributed by atoms with Crippen molar-refractivity contribution in [3.05, 3.63) is 158 Å². The van der Waals surface area contributed by atoms with Gasteiger partial charge in [-0.25, -0.2) is 9.97 Å². The number of fused-ring (bicyclic) bond motifs is 1. The first kappa shape index (κ1) is 26.0. The molecule has 1 aromatic heterocycles. The van der Waals surface area contributed by atoms with Gasteiger partial charge < -0.3 is 4.74 Å². The third kappa shape index (κ3) is 4.21. The third-order valence-electron chi connectivity index (χ3n) is 9.40. The molecule has 218 valence electrons. The molecular formula is C44H26N2O. The van der Waals surface area contributed by atoms with Crippen molar-refractivity contribution >= 4 is 43.1 Å². The Balaban J connectivity index is 1.12. The van der Waals surface area contributed by atoms with Crippen LogP contribution in [0.1, 0.15) is 0 Å². The highest BCUT2D eigenvalue weighted by Crippen LogP contribution is 2.48. The first-order valence-electron chi connectivity index (χ1n) is 15.9. The predicted molar refractivity (Wildman–Crippen MR) is 194 cm³/mol. The van der Waals surface area contributed by atoms with Crippen LogP contribution in [-0.2, 0) is 0 Å². The Morgan fingerprint density at radius 3 is 1.74 bits per heavy atom. The molecular weight excluding hydrogens is 572 g/mol. The van der Waals surface area contributed by atoms with E-state index in [2.05, 4.69) is 140 Å². The second-order valence-corrected chi connectivity index (χ2v) is 12.2. The quantitative estimate of drug-likeness (QED) is 0.189. The Kier molecular flexibility index (Phi) is 5.57. The van der Waals surface area contributed by atoms with E-state index < -0.39 is 0 Å². The first-order chi connectivity index (χ1) is 23.2. The molecule has 0 radical (unpaired) electrons. The van der Waals surface area contributed by atoms with Gasteiger partial charge in [-0.2, -0.15) is 0 Å². The first-order valence-corrected chi connectivity index (χ1v) is 15.9. The number of rotatable bonds is 4. The van der Waals surface area contributed by atoms with E-state index in [0.29, 0.717) is 5.82 Å². The standard InChI is InChI=1S/C44H26N2O/c1-2-8-29(9-3-1)37-26-38(46-44(45-37)32-19-13-28(14-20-32)34-21-15-27-7-4-5-10-33(27)23-34)36-24-35-22-18-31-17-16-30-11-6-12-39-41(30)43(31)42(35)40(25-36)47-39/h1-26H. The SMILES string of the molecule is c1ccc(-c2cc(-c3cc4c5c(ccc6ccc7cccc(c7c65)O4)c3)nc(-c3ccc(-c4ccc5ccccc5c4)cc3)n2)cc1. The molecule has 0 saturated heterocycles. The Hall–Kier alpha value is -6.32. The smallest absolute Gasteiger partial charge is 0.160 e. The average Bonchev–Trinajstić information content (AvgIpc) is 3.14. The number of hydrogen-bond donors (Lipinski definition) is 0. The predicted octanol–water partition coefficient (Wildman–Crippen LogP) is 11.9. The van der Waals surface area contributed by atoms with Gasteiger partial charge in [0.25, 0.3) is 0 Å².